The summed E-state index contributed by atoms with van der Waals surface area (Å²) in [6.07, 6.45) is -21.2. The van der Waals surface area contributed by atoms with Gasteiger partial charge in [0.05, 0.1) is 53.1 Å². The zero-order valence-electron chi connectivity index (χ0n) is 24.0. The van der Waals surface area contributed by atoms with Crippen molar-refractivity contribution in [3.8, 4) is 0 Å². The summed E-state index contributed by atoms with van der Waals surface area (Å²) >= 11 is 0. The molecular formula is C22H25F18N2O6+. The minimum absolute atomic E-state index is 0.295. The first kappa shape index (κ1) is 45.1. The summed E-state index contributed by atoms with van der Waals surface area (Å²) in [5.74, 6) is -46.4. The van der Waals surface area contributed by atoms with Gasteiger partial charge < -0.3 is 19.1 Å². The van der Waals surface area contributed by atoms with Gasteiger partial charge in [0.25, 0.3) is 0 Å². The maximum atomic E-state index is 13.7. The summed E-state index contributed by atoms with van der Waals surface area (Å²) in [6, 6.07) is -2.26. The Morgan fingerprint density at radius 3 is 1.38 bits per heavy atom. The molecule has 26 heteroatoms. The van der Waals surface area contributed by atoms with Crippen LogP contribution in [0.5, 0.6) is 0 Å². The van der Waals surface area contributed by atoms with E-state index >= 15 is 0 Å². The Bertz CT molecular complexity index is 1120. The molecule has 0 fully saturated rings. The lowest BCUT2D eigenvalue weighted by Crippen LogP contribution is -2.61. The predicted octanol–water partition coefficient (Wildman–Crippen LogP) is 5.30. The molecule has 0 rings (SSSR count). The number of nitrogens with zero attached hydrogens (tertiary/aromatic N) is 1. The van der Waals surface area contributed by atoms with Gasteiger partial charge in [-0.1, -0.05) is 0 Å². The van der Waals surface area contributed by atoms with Crippen LogP contribution in [0.15, 0.2) is 0 Å². The first-order valence-corrected chi connectivity index (χ1v) is 12.5. The normalized spacial score (nSPS) is 15.2. The molecule has 0 saturated carbocycles. The summed E-state index contributed by atoms with van der Waals surface area (Å²) in [7, 11) is 2.54. The van der Waals surface area contributed by atoms with Crippen LogP contribution in [0.4, 0.5) is 79.0 Å². The lowest BCUT2D eigenvalue weighted by molar-refractivity contribution is -0.881. The van der Waals surface area contributed by atoms with Crippen molar-refractivity contribution >= 4 is 17.9 Å². The number of carbonyl (C=O) groups excluding carboxylic acids is 2. The van der Waals surface area contributed by atoms with Crippen LogP contribution in [-0.2, 0) is 23.9 Å². The van der Waals surface area contributed by atoms with E-state index in [9.17, 15) is 93.4 Å². The first-order chi connectivity index (χ1) is 21.0. The molecule has 0 bridgehead atoms. The van der Waals surface area contributed by atoms with Crippen LogP contribution in [-0.4, -0.2) is 128 Å². The number of aliphatic carboxylic acids is 1. The van der Waals surface area contributed by atoms with Crippen LogP contribution in [0, 0.1) is 0 Å². The van der Waals surface area contributed by atoms with E-state index in [1.165, 1.54) is 14.1 Å². The number of likely N-dealkylation sites (N-methyl/N-ethyl adjacent to an activating group) is 1. The van der Waals surface area contributed by atoms with Crippen molar-refractivity contribution in [2.75, 3.05) is 46.9 Å². The lowest BCUT2D eigenvalue weighted by Gasteiger charge is -2.33. The van der Waals surface area contributed by atoms with E-state index in [1.54, 1.807) is 0 Å². The fourth-order valence-corrected chi connectivity index (χ4v) is 3.25. The maximum Gasteiger partial charge on any atom is 0.460 e. The Kier molecular flexibility index (Phi) is 14.0. The first-order valence-electron chi connectivity index (χ1n) is 12.5. The number of hydrogen-bond acceptors (Lipinski definition) is 6. The van der Waals surface area contributed by atoms with Crippen LogP contribution in [0.3, 0.4) is 0 Å². The molecule has 0 aromatic heterocycles. The zero-order chi connectivity index (χ0) is 38.6. The minimum atomic E-state index is -7.29. The highest BCUT2D eigenvalue weighted by Crippen LogP contribution is 2.55. The third-order valence-corrected chi connectivity index (χ3v) is 6.09. The van der Waals surface area contributed by atoms with E-state index in [4.69, 9.17) is 5.11 Å². The number of alkyl halides is 18. The zero-order valence-corrected chi connectivity index (χ0v) is 24.0. The van der Waals surface area contributed by atoms with E-state index < -0.39 is 122 Å². The molecule has 0 aliphatic heterocycles. The van der Waals surface area contributed by atoms with Gasteiger partial charge in [-0.25, -0.2) is 4.79 Å². The lowest BCUT2D eigenvalue weighted by atomic mass is 10.0. The maximum absolute atomic E-state index is 13.7. The third-order valence-electron chi connectivity index (χ3n) is 6.09. The fraction of sp³-hybridized carbons (Fsp3) is 0.864. The quantitative estimate of drug-likeness (QED) is 0.105. The highest BCUT2D eigenvalue weighted by Gasteiger charge is 2.82. The van der Waals surface area contributed by atoms with E-state index in [-0.39, 0.29) is 6.54 Å². The van der Waals surface area contributed by atoms with Crippen molar-refractivity contribution in [3.63, 3.8) is 0 Å². The molecule has 48 heavy (non-hydrogen) atoms. The molecule has 1 unspecified atom stereocenters. The monoisotopic (exact) mass is 755 g/mol. The molecule has 0 aliphatic carbocycles. The van der Waals surface area contributed by atoms with Gasteiger partial charge >= 0.3 is 65.8 Å². The van der Waals surface area contributed by atoms with Gasteiger partial charge in [-0.15, -0.1) is 0 Å². The van der Waals surface area contributed by atoms with Crippen LogP contribution in [0.2, 0.25) is 0 Å². The molecule has 8 nitrogen and oxygen atoms in total. The number of ether oxygens (including phenoxy) is 2. The number of carboxylic acids is 1. The molecule has 0 aromatic rings. The van der Waals surface area contributed by atoms with Gasteiger partial charge in [-0.2, -0.15) is 79.0 Å². The molecule has 0 radical (unpaired) electrons. The van der Waals surface area contributed by atoms with Crippen LogP contribution >= 0.6 is 0 Å². The number of nitrogens with one attached hydrogen (secondary N) is 1. The summed E-state index contributed by atoms with van der Waals surface area (Å²) in [5, 5.41) is 10.9. The Morgan fingerprint density at radius 2 is 1.02 bits per heavy atom. The number of carboxylic acid groups (broad SMARTS) is 1. The molecule has 0 heterocycles. The van der Waals surface area contributed by atoms with Crippen molar-refractivity contribution in [3.05, 3.63) is 0 Å². The van der Waals surface area contributed by atoms with Gasteiger partial charge in [0.1, 0.15) is 6.04 Å². The molecule has 1 atom stereocenters. The Balaban J connectivity index is 5.74. The average molecular weight is 755 g/mol. The third kappa shape index (κ3) is 10.5. The molecule has 0 spiro atoms. The van der Waals surface area contributed by atoms with Crippen molar-refractivity contribution in [2.24, 2.45) is 0 Å². The molecule has 0 amide bonds. The van der Waals surface area contributed by atoms with E-state index in [1.807, 2.05) is 0 Å². The van der Waals surface area contributed by atoms with Crippen molar-refractivity contribution in [1.29, 1.82) is 0 Å². The van der Waals surface area contributed by atoms with E-state index in [2.05, 4.69) is 14.8 Å². The predicted molar refractivity (Wildman–Crippen MR) is 119 cm³/mol. The number of halogens is 18. The number of quaternary nitrogens is 1. The smallest absolute Gasteiger partial charge is 0.460 e. The molecule has 284 valence electrons. The molecule has 0 saturated heterocycles. The molecule has 0 aromatic carbocycles. The molecule has 2 N–H and O–H groups in total. The summed E-state index contributed by atoms with van der Waals surface area (Å²) in [6.45, 7) is -5.52. The Hall–Kier alpha value is -2.93. The second kappa shape index (κ2) is 14.9. The second-order valence-electron chi connectivity index (χ2n) is 10.5. The highest BCUT2D eigenvalue weighted by atomic mass is 19.4. The number of rotatable bonds is 19. The van der Waals surface area contributed by atoms with E-state index in [0.29, 0.717) is 0 Å². The molecular weight excluding hydrogens is 730 g/mol. The van der Waals surface area contributed by atoms with Crippen LogP contribution < -0.4 is 5.32 Å². The summed E-state index contributed by atoms with van der Waals surface area (Å²) < 4.78 is 241. The minimum Gasteiger partial charge on any atom is -0.477 e. The highest BCUT2D eigenvalue weighted by molar-refractivity contribution is 5.82. The SMILES string of the molecule is C[N+](C)(CCNC(CC(=O)OCCC(F)(F)C(F)(F)C(F)(F)C(F)(F)F)C(=O)OCCC(F)(F)C(F)(F)C(F)(F)C(F)(F)F)CC(=O)O. The number of hydrogen-bond donors (Lipinski definition) is 2. The van der Waals surface area contributed by atoms with Crippen molar-refractivity contribution in [2.45, 2.75) is 73.2 Å². The van der Waals surface area contributed by atoms with Crippen molar-refractivity contribution < 1.29 is 112 Å². The van der Waals surface area contributed by atoms with Gasteiger partial charge in [0.15, 0.2) is 6.54 Å². The number of carbonyl (C=O) groups is 3. The largest absolute Gasteiger partial charge is 0.477 e. The standard InChI is InChI=1S/C22H24F18N2O6/c1-42(2,10-12(43)44)6-5-41-11(14(46)48-8-4-16(25,26)18(29,30)20(33,34)22(38,39)40)9-13(45)47-7-3-15(23,24)17(27,28)19(31,32)21(35,36)37/h11,41H,3-10H2,1-2H3/p+1. The van der Waals surface area contributed by atoms with Gasteiger partial charge in [-0.3, -0.25) is 14.9 Å². The summed E-state index contributed by atoms with van der Waals surface area (Å²) in [4.78, 5) is 35.2. The van der Waals surface area contributed by atoms with Gasteiger partial charge in [0, 0.05) is 6.54 Å². The second-order valence-corrected chi connectivity index (χ2v) is 10.5. The Morgan fingerprint density at radius 1 is 0.646 bits per heavy atom. The summed E-state index contributed by atoms with van der Waals surface area (Å²) in [5.41, 5.74) is 0. The number of esters is 2. The van der Waals surface area contributed by atoms with Crippen LogP contribution in [0.1, 0.15) is 19.3 Å². The average Bonchev–Trinajstić information content (AvgIpc) is 2.85. The molecule has 0 aliphatic rings. The van der Waals surface area contributed by atoms with E-state index in [0.717, 1.165) is 0 Å². The topological polar surface area (TPSA) is 102 Å². The van der Waals surface area contributed by atoms with Gasteiger partial charge in [-0.05, 0) is 0 Å². The van der Waals surface area contributed by atoms with Gasteiger partial charge in [0.2, 0.25) is 0 Å². The fourth-order valence-electron chi connectivity index (χ4n) is 3.25. The van der Waals surface area contributed by atoms with Crippen molar-refractivity contribution in [1.82, 2.24) is 5.32 Å². The Labute approximate surface area is 256 Å². The van der Waals surface area contributed by atoms with Crippen LogP contribution in [0.25, 0.3) is 0 Å².